The van der Waals surface area contributed by atoms with Crippen molar-refractivity contribution in [1.29, 1.82) is 0 Å². The van der Waals surface area contributed by atoms with Crippen LogP contribution in [0, 0.1) is 0 Å². The summed E-state index contributed by atoms with van der Waals surface area (Å²) in [4.78, 5) is 9.35. The van der Waals surface area contributed by atoms with E-state index in [1.54, 1.807) is 18.1 Å². The average molecular weight is 368 g/mol. The lowest BCUT2D eigenvalue weighted by molar-refractivity contribution is 0.417. The SMILES string of the molecule is COc1c(N=C(c2ccccc2)c2ccccc2)cccc1-c1ncn(C)n1. The zero-order valence-electron chi connectivity index (χ0n) is 15.8. The van der Waals surface area contributed by atoms with Crippen molar-refractivity contribution in [2.75, 3.05) is 7.11 Å². The van der Waals surface area contributed by atoms with Crippen LogP contribution in [0.2, 0.25) is 0 Å². The van der Waals surface area contributed by atoms with Crippen molar-refractivity contribution in [1.82, 2.24) is 14.8 Å². The molecule has 0 aliphatic heterocycles. The number of aromatic nitrogens is 3. The van der Waals surface area contributed by atoms with Gasteiger partial charge in [-0.3, -0.25) is 4.68 Å². The third-order valence-electron chi connectivity index (χ3n) is 4.37. The van der Waals surface area contributed by atoms with E-state index in [2.05, 4.69) is 34.3 Å². The molecule has 0 saturated heterocycles. The van der Waals surface area contributed by atoms with Crippen LogP contribution in [0.25, 0.3) is 11.4 Å². The number of ether oxygens (including phenoxy) is 1. The number of aliphatic imine (C=N–C) groups is 1. The summed E-state index contributed by atoms with van der Waals surface area (Å²) in [5, 5.41) is 4.40. The average Bonchev–Trinajstić information content (AvgIpc) is 3.19. The van der Waals surface area contributed by atoms with Gasteiger partial charge in [-0.25, -0.2) is 9.98 Å². The van der Waals surface area contributed by atoms with E-state index in [1.807, 2.05) is 61.6 Å². The van der Waals surface area contributed by atoms with E-state index in [0.717, 1.165) is 28.1 Å². The lowest BCUT2D eigenvalue weighted by atomic mass is 10.0. The predicted molar refractivity (Wildman–Crippen MR) is 111 cm³/mol. The van der Waals surface area contributed by atoms with Crippen molar-refractivity contribution in [3.05, 3.63) is 96.3 Å². The van der Waals surface area contributed by atoms with Crippen LogP contribution in [0.5, 0.6) is 5.75 Å². The Balaban J connectivity index is 1.89. The van der Waals surface area contributed by atoms with Crippen LogP contribution < -0.4 is 4.74 Å². The third kappa shape index (κ3) is 3.55. The van der Waals surface area contributed by atoms with Crippen LogP contribution in [0.1, 0.15) is 11.1 Å². The number of nitrogens with zero attached hydrogens (tertiary/aromatic N) is 4. The minimum absolute atomic E-state index is 0.609. The molecule has 0 aliphatic carbocycles. The molecule has 28 heavy (non-hydrogen) atoms. The smallest absolute Gasteiger partial charge is 0.184 e. The van der Waals surface area contributed by atoms with Crippen molar-refractivity contribution in [3.63, 3.8) is 0 Å². The summed E-state index contributed by atoms with van der Waals surface area (Å²) in [7, 11) is 3.49. The highest BCUT2D eigenvalue weighted by Crippen LogP contribution is 2.37. The summed E-state index contributed by atoms with van der Waals surface area (Å²) in [6, 6.07) is 26.1. The molecule has 0 aliphatic rings. The summed E-state index contributed by atoms with van der Waals surface area (Å²) in [6.07, 6.45) is 1.67. The number of rotatable bonds is 5. The van der Waals surface area contributed by atoms with Crippen molar-refractivity contribution in [2.45, 2.75) is 0 Å². The molecule has 0 bridgehead atoms. The predicted octanol–water partition coefficient (Wildman–Crippen LogP) is 4.66. The first kappa shape index (κ1) is 17.7. The number of aryl methyl sites for hydroxylation is 1. The summed E-state index contributed by atoms with van der Waals surface area (Å²) in [5.74, 6) is 1.26. The van der Waals surface area contributed by atoms with Gasteiger partial charge in [0.2, 0.25) is 0 Å². The van der Waals surface area contributed by atoms with Gasteiger partial charge < -0.3 is 4.74 Å². The van der Waals surface area contributed by atoms with E-state index in [0.29, 0.717) is 11.6 Å². The first-order valence-corrected chi connectivity index (χ1v) is 8.99. The highest BCUT2D eigenvalue weighted by atomic mass is 16.5. The molecular formula is C23H20N4O. The molecule has 4 rings (SSSR count). The maximum Gasteiger partial charge on any atom is 0.184 e. The molecule has 0 atom stereocenters. The van der Waals surface area contributed by atoms with Gasteiger partial charge >= 0.3 is 0 Å². The highest BCUT2D eigenvalue weighted by Gasteiger charge is 2.15. The third-order valence-corrected chi connectivity index (χ3v) is 4.37. The zero-order chi connectivity index (χ0) is 19.3. The van der Waals surface area contributed by atoms with Crippen LogP contribution in [0.4, 0.5) is 5.69 Å². The van der Waals surface area contributed by atoms with Crippen molar-refractivity contribution in [2.24, 2.45) is 12.0 Å². The topological polar surface area (TPSA) is 52.3 Å². The second kappa shape index (κ2) is 7.88. The molecule has 5 nitrogen and oxygen atoms in total. The molecule has 1 heterocycles. The number of para-hydroxylation sites is 1. The summed E-state index contributed by atoms with van der Waals surface area (Å²) in [6.45, 7) is 0. The van der Waals surface area contributed by atoms with Crippen LogP contribution in [0.15, 0.2) is 90.2 Å². The molecule has 1 aromatic heterocycles. The Hall–Kier alpha value is -3.73. The fourth-order valence-corrected chi connectivity index (χ4v) is 3.07. The van der Waals surface area contributed by atoms with Crippen molar-refractivity contribution in [3.8, 4) is 17.1 Å². The molecule has 0 N–H and O–H groups in total. The molecule has 0 radical (unpaired) electrons. The second-order valence-electron chi connectivity index (χ2n) is 6.29. The lowest BCUT2D eigenvalue weighted by Gasteiger charge is -2.12. The highest BCUT2D eigenvalue weighted by molar-refractivity contribution is 6.14. The van der Waals surface area contributed by atoms with Gasteiger partial charge in [-0.05, 0) is 12.1 Å². The van der Waals surface area contributed by atoms with Crippen molar-refractivity contribution < 1.29 is 4.74 Å². The van der Waals surface area contributed by atoms with Gasteiger partial charge in [0.1, 0.15) is 12.0 Å². The molecule has 0 unspecified atom stereocenters. The Labute approximate surface area is 164 Å². The summed E-state index contributed by atoms with van der Waals surface area (Å²) >= 11 is 0. The van der Waals surface area contributed by atoms with Gasteiger partial charge in [0, 0.05) is 18.2 Å². The second-order valence-corrected chi connectivity index (χ2v) is 6.29. The minimum atomic E-state index is 0.609. The normalized spacial score (nSPS) is 10.5. The van der Waals surface area contributed by atoms with Gasteiger partial charge in [-0.2, -0.15) is 5.10 Å². The summed E-state index contributed by atoms with van der Waals surface area (Å²) < 4.78 is 7.39. The minimum Gasteiger partial charge on any atom is -0.494 e. The van der Waals surface area contributed by atoms with E-state index in [4.69, 9.17) is 9.73 Å². The molecule has 0 amide bonds. The standard InChI is InChI=1S/C23H20N4O/c1-27-16-24-23(26-27)19-14-9-15-20(22(19)28-2)25-21(17-10-5-3-6-11-17)18-12-7-4-8-13-18/h3-16H,1-2H3. The Kier molecular flexibility index (Phi) is 4.97. The van der Waals surface area contributed by atoms with Gasteiger partial charge in [0.25, 0.3) is 0 Å². The van der Waals surface area contributed by atoms with Gasteiger partial charge in [-0.15, -0.1) is 0 Å². The first-order valence-electron chi connectivity index (χ1n) is 8.99. The van der Waals surface area contributed by atoms with Gasteiger partial charge in [0.05, 0.1) is 18.4 Å². The molecule has 0 fully saturated rings. The van der Waals surface area contributed by atoms with E-state index in [-0.39, 0.29) is 0 Å². The molecule has 138 valence electrons. The summed E-state index contributed by atoms with van der Waals surface area (Å²) in [5.41, 5.74) is 4.50. The number of hydrogen-bond acceptors (Lipinski definition) is 4. The van der Waals surface area contributed by atoms with E-state index < -0.39 is 0 Å². The van der Waals surface area contributed by atoms with Crippen LogP contribution in [-0.2, 0) is 7.05 Å². The van der Waals surface area contributed by atoms with Crippen LogP contribution in [0.3, 0.4) is 0 Å². The molecule has 3 aromatic carbocycles. The Morgan fingerprint density at radius 1 is 0.857 bits per heavy atom. The number of hydrogen-bond donors (Lipinski definition) is 0. The molecular weight excluding hydrogens is 348 g/mol. The first-order chi connectivity index (χ1) is 13.8. The van der Waals surface area contributed by atoms with Crippen molar-refractivity contribution >= 4 is 11.4 Å². The quantitative estimate of drug-likeness (QED) is 0.482. The van der Waals surface area contributed by atoms with Gasteiger partial charge in [0.15, 0.2) is 11.6 Å². The lowest BCUT2D eigenvalue weighted by Crippen LogP contribution is -2.03. The molecule has 4 aromatic rings. The Morgan fingerprint density at radius 2 is 1.50 bits per heavy atom. The maximum absolute atomic E-state index is 5.72. The fraction of sp³-hybridized carbons (Fsp3) is 0.0870. The van der Waals surface area contributed by atoms with Gasteiger partial charge in [-0.1, -0.05) is 66.7 Å². The van der Waals surface area contributed by atoms with Crippen LogP contribution >= 0.6 is 0 Å². The zero-order valence-corrected chi connectivity index (χ0v) is 15.8. The maximum atomic E-state index is 5.72. The molecule has 5 heteroatoms. The molecule has 0 saturated carbocycles. The fourth-order valence-electron chi connectivity index (χ4n) is 3.07. The van der Waals surface area contributed by atoms with E-state index >= 15 is 0 Å². The Bertz CT molecular complexity index is 1060. The number of methoxy groups -OCH3 is 1. The van der Waals surface area contributed by atoms with Crippen LogP contribution in [-0.4, -0.2) is 27.6 Å². The largest absolute Gasteiger partial charge is 0.494 e. The monoisotopic (exact) mass is 368 g/mol. The van der Waals surface area contributed by atoms with E-state index in [9.17, 15) is 0 Å². The Morgan fingerprint density at radius 3 is 2.04 bits per heavy atom. The molecule has 0 spiro atoms. The van der Waals surface area contributed by atoms with E-state index in [1.165, 1.54) is 0 Å². The number of benzene rings is 3.